The van der Waals surface area contributed by atoms with Crippen molar-refractivity contribution in [3.8, 4) is 0 Å². The Kier molecular flexibility index (Phi) is 5.32. The monoisotopic (exact) mass is 295 g/mol. The average molecular weight is 295 g/mol. The summed E-state index contributed by atoms with van der Waals surface area (Å²) >= 11 is 0. The molecule has 3 N–H and O–H groups in total. The maximum absolute atomic E-state index is 13.5. The highest BCUT2D eigenvalue weighted by atomic mass is 19.1. The number of hydrogen-bond acceptors (Lipinski definition) is 4. The van der Waals surface area contributed by atoms with Gasteiger partial charge < -0.3 is 4.74 Å². The van der Waals surface area contributed by atoms with Crippen LogP contribution in [0.4, 0.5) is 4.39 Å². The molecule has 1 unspecified atom stereocenters. The van der Waals surface area contributed by atoms with E-state index in [0.29, 0.717) is 6.42 Å². The number of ether oxygens (including phenoxy) is 1. The maximum atomic E-state index is 13.5. The zero-order valence-corrected chi connectivity index (χ0v) is 13.2. The van der Waals surface area contributed by atoms with Crippen LogP contribution in [0.15, 0.2) is 18.2 Å². The van der Waals surface area contributed by atoms with E-state index in [2.05, 4.69) is 24.2 Å². The Bertz CT molecular complexity index is 473. The average Bonchev–Trinajstić information content (AvgIpc) is 2.48. The number of rotatable bonds is 5. The SMILES string of the molecule is Cc1ccc(F)cc1CC(NN)C(C)(C)N1CCOCC1. The molecule has 1 atom stereocenters. The van der Waals surface area contributed by atoms with Gasteiger partial charge in [0, 0.05) is 24.7 Å². The molecule has 1 heterocycles. The number of morpholine rings is 1. The molecular formula is C16H26FN3O. The fourth-order valence-electron chi connectivity index (χ4n) is 2.95. The second kappa shape index (κ2) is 6.83. The maximum Gasteiger partial charge on any atom is 0.123 e. The minimum absolute atomic E-state index is 0.0381. The number of nitrogens with zero attached hydrogens (tertiary/aromatic N) is 1. The van der Waals surface area contributed by atoms with Gasteiger partial charge in [0.25, 0.3) is 0 Å². The van der Waals surface area contributed by atoms with Crippen LogP contribution in [0.2, 0.25) is 0 Å². The standard InChI is InChI=1S/C16H26FN3O/c1-12-4-5-14(17)10-13(12)11-15(19-18)16(2,3)20-6-8-21-9-7-20/h4-5,10,15,19H,6-9,11,18H2,1-3H3. The van der Waals surface area contributed by atoms with E-state index in [1.54, 1.807) is 6.07 Å². The van der Waals surface area contributed by atoms with Gasteiger partial charge in [-0.05, 0) is 50.5 Å². The fraction of sp³-hybridized carbons (Fsp3) is 0.625. The number of halogens is 1. The van der Waals surface area contributed by atoms with E-state index in [0.717, 1.165) is 37.4 Å². The summed E-state index contributed by atoms with van der Waals surface area (Å²) in [4.78, 5) is 2.38. The highest BCUT2D eigenvalue weighted by Crippen LogP contribution is 2.24. The van der Waals surface area contributed by atoms with Crippen molar-refractivity contribution < 1.29 is 9.13 Å². The van der Waals surface area contributed by atoms with Crippen LogP contribution < -0.4 is 11.3 Å². The zero-order valence-electron chi connectivity index (χ0n) is 13.2. The Morgan fingerprint density at radius 1 is 1.38 bits per heavy atom. The molecule has 21 heavy (non-hydrogen) atoms. The van der Waals surface area contributed by atoms with Gasteiger partial charge in [0.2, 0.25) is 0 Å². The summed E-state index contributed by atoms with van der Waals surface area (Å²) in [5.41, 5.74) is 4.89. The smallest absolute Gasteiger partial charge is 0.123 e. The summed E-state index contributed by atoms with van der Waals surface area (Å²) in [5.74, 6) is 5.60. The third kappa shape index (κ3) is 3.80. The van der Waals surface area contributed by atoms with Crippen LogP contribution in [0.25, 0.3) is 0 Å². The summed E-state index contributed by atoms with van der Waals surface area (Å²) < 4.78 is 18.9. The van der Waals surface area contributed by atoms with E-state index in [-0.39, 0.29) is 17.4 Å². The van der Waals surface area contributed by atoms with E-state index in [1.165, 1.54) is 6.07 Å². The molecule has 118 valence electrons. The molecular weight excluding hydrogens is 269 g/mol. The minimum atomic E-state index is -0.199. The molecule has 0 amide bonds. The first-order valence-electron chi connectivity index (χ1n) is 7.49. The molecule has 1 aromatic rings. The molecule has 1 fully saturated rings. The van der Waals surface area contributed by atoms with Crippen molar-refractivity contribution >= 4 is 0 Å². The van der Waals surface area contributed by atoms with Gasteiger partial charge in [0.15, 0.2) is 0 Å². The summed E-state index contributed by atoms with van der Waals surface area (Å²) in [6.45, 7) is 9.65. The lowest BCUT2D eigenvalue weighted by molar-refractivity contribution is -0.0233. The molecule has 4 nitrogen and oxygen atoms in total. The van der Waals surface area contributed by atoms with Gasteiger partial charge in [0.05, 0.1) is 13.2 Å². The quantitative estimate of drug-likeness (QED) is 0.640. The molecule has 0 saturated carbocycles. The lowest BCUT2D eigenvalue weighted by Crippen LogP contribution is -2.62. The van der Waals surface area contributed by atoms with Gasteiger partial charge in [-0.1, -0.05) is 6.07 Å². The predicted molar refractivity (Wildman–Crippen MR) is 82.4 cm³/mol. The van der Waals surface area contributed by atoms with Crippen molar-refractivity contribution in [2.45, 2.75) is 38.8 Å². The molecule has 0 bridgehead atoms. The van der Waals surface area contributed by atoms with Crippen molar-refractivity contribution in [3.05, 3.63) is 35.1 Å². The Hall–Kier alpha value is -1.01. The first-order chi connectivity index (χ1) is 9.95. The molecule has 1 aromatic carbocycles. The van der Waals surface area contributed by atoms with Gasteiger partial charge in [-0.3, -0.25) is 16.2 Å². The molecule has 0 spiro atoms. The second-order valence-corrected chi connectivity index (χ2v) is 6.25. The van der Waals surface area contributed by atoms with Gasteiger partial charge >= 0.3 is 0 Å². The number of aryl methyl sites for hydroxylation is 1. The number of benzene rings is 1. The van der Waals surface area contributed by atoms with Crippen molar-refractivity contribution in [2.24, 2.45) is 5.84 Å². The number of hydrazine groups is 1. The largest absolute Gasteiger partial charge is 0.379 e. The predicted octanol–water partition coefficient (Wildman–Crippen LogP) is 1.62. The molecule has 5 heteroatoms. The van der Waals surface area contributed by atoms with Crippen LogP contribution in [0.1, 0.15) is 25.0 Å². The molecule has 1 aliphatic rings. The van der Waals surface area contributed by atoms with Crippen molar-refractivity contribution in [1.29, 1.82) is 0 Å². The Morgan fingerprint density at radius 3 is 2.67 bits per heavy atom. The first-order valence-corrected chi connectivity index (χ1v) is 7.49. The van der Waals surface area contributed by atoms with Crippen LogP contribution in [0.5, 0.6) is 0 Å². The van der Waals surface area contributed by atoms with E-state index in [9.17, 15) is 4.39 Å². The van der Waals surface area contributed by atoms with Crippen molar-refractivity contribution in [1.82, 2.24) is 10.3 Å². The van der Waals surface area contributed by atoms with E-state index >= 15 is 0 Å². The van der Waals surface area contributed by atoms with E-state index in [1.807, 2.05) is 13.0 Å². The minimum Gasteiger partial charge on any atom is -0.379 e. The third-order valence-electron chi connectivity index (χ3n) is 4.62. The molecule has 1 saturated heterocycles. The first kappa shape index (κ1) is 16.4. The van der Waals surface area contributed by atoms with Crippen LogP contribution in [-0.2, 0) is 11.2 Å². The lowest BCUT2D eigenvalue weighted by atomic mass is 9.86. The van der Waals surface area contributed by atoms with Gasteiger partial charge in [-0.15, -0.1) is 0 Å². The van der Waals surface area contributed by atoms with Crippen LogP contribution in [0, 0.1) is 12.7 Å². The molecule has 1 aliphatic heterocycles. The normalized spacial score (nSPS) is 18.7. The second-order valence-electron chi connectivity index (χ2n) is 6.25. The Morgan fingerprint density at radius 2 is 2.05 bits per heavy atom. The topological polar surface area (TPSA) is 50.5 Å². The van der Waals surface area contributed by atoms with Gasteiger partial charge in [-0.2, -0.15) is 0 Å². The fourth-order valence-corrected chi connectivity index (χ4v) is 2.95. The summed E-state index contributed by atoms with van der Waals surface area (Å²) in [7, 11) is 0. The van der Waals surface area contributed by atoms with Crippen molar-refractivity contribution in [2.75, 3.05) is 26.3 Å². The Balaban J connectivity index is 2.16. The summed E-state index contributed by atoms with van der Waals surface area (Å²) in [6, 6.07) is 4.96. The van der Waals surface area contributed by atoms with E-state index < -0.39 is 0 Å². The summed E-state index contributed by atoms with van der Waals surface area (Å²) in [6.07, 6.45) is 0.699. The number of nitrogens with one attached hydrogen (secondary N) is 1. The highest BCUT2D eigenvalue weighted by molar-refractivity contribution is 5.28. The number of hydrogen-bond donors (Lipinski definition) is 2. The lowest BCUT2D eigenvalue weighted by Gasteiger charge is -2.45. The Labute approximate surface area is 126 Å². The molecule has 2 rings (SSSR count). The van der Waals surface area contributed by atoms with Crippen LogP contribution in [0.3, 0.4) is 0 Å². The molecule has 0 aliphatic carbocycles. The van der Waals surface area contributed by atoms with Crippen LogP contribution >= 0.6 is 0 Å². The highest BCUT2D eigenvalue weighted by Gasteiger charge is 2.35. The summed E-state index contributed by atoms with van der Waals surface area (Å²) in [5, 5.41) is 0. The molecule has 0 aromatic heterocycles. The van der Waals surface area contributed by atoms with Crippen molar-refractivity contribution in [3.63, 3.8) is 0 Å². The van der Waals surface area contributed by atoms with Crippen LogP contribution in [-0.4, -0.2) is 42.8 Å². The molecule has 0 radical (unpaired) electrons. The third-order valence-corrected chi connectivity index (χ3v) is 4.62. The van der Waals surface area contributed by atoms with Gasteiger partial charge in [0.1, 0.15) is 5.82 Å². The van der Waals surface area contributed by atoms with Gasteiger partial charge in [-0.25, -0.2) is 4.39 Å². The zero-order chi connectivity index (χ0) is 15.5. The number of nitrogens with two attached hydrogens (primary N) is 1. The van der Waals surface area contributed by atoms with E-state index in [4.69, 9.17) is 10.6 Å².